The van der Waals surface area contributed by atoms with Gasteiger partial charge in [-0.1, -0.05) is 13.8 Å². The van der Waals surface area contributed by atoms with Gasteiger partial charge in [0.2, 0.25) is 5.91 Å². The van der Waals surface area contributed by atoms with Gasteiger partial charge in [-0.25, -0.2) is 4.98 Å². The molecule has 5 heteroatoms. The summed E-state index contributed by atoms with van der Waals surface area (Å²) in [6.07, 6.45) is 3.10. The van der Waals surface area contributed by atoms with E-state index in [1.807, 2.05) is 27.0 Å². The molecule has 1 amide bonds. The van der Waals surface area contributed by atoms with Crippen molar-refractivity contribution >= 4 is 17.2 Å². The van der Waals surface area contributed by atoms with Crippen LogP contribution >= 0.6 is 11.3 Å². The standard InChI is InChI=1S/C11H19N3OS/c1-4-11(12,5-2)10(15)14-7-9-13-6-8(3)16-9/h6H,4-5,7,12H2,1-3H3,(H,14,15). The first kappa shape index (κ1) is 13.1. The summed E-state index contributed by atoms with van der Waals surface area (Å²) in [6, 6.07) is 0. The molecule has 0 saturated carbocycles. The van der Waals surface area contributed by atoms with E-state index in [2.05, 4.69) is 10.3 Å². The van der Waals surface area contributed by atoms with Gasteiger partial charge in [0.1, 0.15) is 5.01 Å². The third-order valence-corrected chi connectivity index (χ3v) is 3.70. The summed E-state index contributed by atoms with van der Waals surface area (Å²) in [6.45, 7) is 6.32. The first-order valence-corrected chi connectivity index (χ1v) is 6.32. The van der Waals surface area contributed by atoms with Crippen LogP contribution in [0.4, 0.5) is 0 Å². The van der Waals surface area contributed by atoms with Crippen molar-refractivity contribution in [1.29, 1.82) is 0 Å². The van der Waals surface area contributed by atoms with Crippen molar-refractivity contribution in [2.75, 3.05) is 0 Å². The van der Waals surface area contributed by atoms with E-state index in [0.717, 1.165) is 9.88 Å². The van der Waals surface area contributed by atoms with Gasteiger partial charge in [0.05, 0.1) is 12.1 Å². The van der Waals surface area contributed by atoms with E-state index in [1.54, 1.807) is 11.3 Å². The monoisotopic (exact) mass is 241 g/mol. The lowest BCUT2D eigenvalue weighted by molar-refractivity contribution is -0.126. The van der Waals surface area contributed by atoms with E-state index >= 15 is 0 Å². The number of nitrogens with two attached hydrogens (primary N) is 1. The number of hydrogen-bond donors (Lipinski definition) is 2. The van der Waals surface area contributed by atoms with Crippen LogP contribution in [0.15, 0.2) is 6.20 Å². The highest BCUT2D eigenvalue weighted by molar-refractivity contribution is 7.11. The number of nitrogens with zero attached hydrogens (tertiary/aromatic N) is 1. The zero-order valence-electron chi connectivity index (χ0n) is 10.0. The summed E-state index contributed by atoms with van der Waals surface area (Å²) in [5.74, 6) is -0.0923. The topological polar surface area (TPSA) is 68.0 Å². The van der Waals surface area contributed by atoms with Crippen molar-refractivity contribution in [3.05, 3.63) is 16.1 Å². The van der Waals surface area contributed by atoms with Crippen LogP contribution in [0.1, 0.15) is 36.6 Å². The Hall–Kier alpha value is -0.940. The molecule has 4 nitrogen and oxygen atoms in total. The van der Waals surface area contributed by atoms with Crippen molar-refractivity contribution in [3.8, 4) is 0 Å². The molecule has 16 heavy (non-hydrogen) atoms. The van der Waals surface area contributed by atoms with Gasteiger partial charge < -0.3 is 11.1 Å². The predicted octanol–water partition coefficient (Wildman–Crippen LogP) is 1.59. The number of amides is 1. The molecule has 1 rings (SSSR count). The second-order valence-corrected chi connectivity index (χ2v) is 5.23. The van der Waals surface area contributed by atoms with E-state index in [0.29, 0.717) is 19.4 Å². The Morgan fingerprint density at radius 1 is 1.56 bits per heavy atom. The number of rotatable bonds is 5. The molecule has 0 unspecified atom stereocenters. The van der Waals surface area contributed by atoms with Crippen LogP contribution in [0.5, 0.6) is 0 Å². The highest BCUT2D eigenvalue weighted by atomic mass is 32.1. The van der Waals surface area contributed by atoms with Crippen LogP contribution in [0.2, 0.25) is 0 Å². The summed E-state index contributed by atoms with van der Waals surface area (Å²) in [5, 5.41) is 3.76. The third kappa shape index (κ3) is 3.02. The average Bonchev–Trinajstić information content (AvgIpc) is 2.70. The Balaban J connectivity index is 2.52. The van der Waals surface area contributed by atoms with Gasteiger partial charge in [-0.2, -0.15) is 0 Å². The van der Waals surface area contributed by atoms with Crippen molar-refractivity contribution in [3.63, 3.8) is 0 Å². The number of aromatic nitrogens is 1. The van der Waals surface area contributed by atoms with Crippen LogP contribution in [-0.2, 0) is 11.3 Å². The second-order valence-electron chi connectivity index (χ2n) is 3.91. The lowest BCUT2D eigenvalue weighted by Crippen LogP contribution is -2.52. The van der Waals surface area contributed by atoms with Crippen molar-refractivity contribution in [2.45, 2.75) is 45.7 Å². The van der Waals surface area contributed by atoms with Gasteiger partial charge in [0.25, 0.3) is 0 Å². The zero-order valence-corrected chi connectivity index (χ0v) is 10.9. The average molecular weight is 241 g/mol. The molecule has 90 valence electrons. The third-order valence-electron chi connectivity index (χ3n) is 2.78. The normalized spacial score (nSPS) is 11.5. The largest absolute Gasteiger partial charge is 0.348 e. The summed E-state index contributed by atoms with van der Waals surface area (Å²) in [5.41, 5.74) is 5.24. The molecule has 0 radical (unpaired) electrons. The summed E-state index contributed by atoms with van der Waals surface area (Å²) < 4.78 is 0. The first-order chi connectivity index (χ1) is 7.51. The van der Waals surface area contributed by atoms with Gasteiger partial charge >= 0.3 is 0 Å². The van der Waals surface area contributed by atoms with Gasteiger partial charge in [0.15, 0.2) is 0 Å². The minimum atomic E-state index is -0.744. The second kappa shape index (κ2) is 5.41. The van der Waals surface area contributed by atoms with Crippen LogP contribution in [0.25, 0.3) is 0 Å². The SMILES string of the molecule is CCC(N)(CC)C(=O)NCc1ncc(C)s1. The number of carbonyl (C=O) groups is 1. The quantitative estimate of drug-likeness (QED) is 0.822. The predicted molar refractivity (Wildman–Crippen MR) is 66.2 cm³/mol. The maximum Gasteiger partial charge on any atom is 0.240 e. The smallest absolute Gasteiger partial charge is 0.240 e. The van der Waals surface area contributed by atoms with E-state index in [1.165, 1.54) is 0 Å². The Labute approximate surface area is 100 Å². The Kier molecular flexibility index (Phi) is 4.44. The Morgan fingerprint density at radius 3 is 2.62 bits per heavy atom. The van der Waals surface area contributed by atoms with Crippen molar-refractivity contribution < 1.29 is 4.79 Å². The highest BCUT2D eigenvalue weighted by Gasteiger charge is 2.29. The molecule has 0 aliphatic rings. The molecular formula is C11H19N3OS. The number of thiazole rings is 1. The molecule has 0 spiro atoms. The number of carbonyl (C=O) groups excluding carboxylic acids is 1. The molecule has 0 atom stereocenters. The summed E-state index contributed by atoms with van der Waals surface area (Å²) in [7, 11) is 0. The molecule has 0 aliphatic carbocycles. The molecule has 0 saturated heterocycles. The lowest BCUT2D eigenvalue weighted by Gasteiger charge is -2.24. The van der Waals surface area contributed by atoms with Crippen molar-refractivity contribution in [1.82, 2.24) is 10.3 Å². The summed E-state index contributed by atoms with van der Waals surface area (Å²) >= 11 is 1.59. The molecule has 1 heterocycles. The Morgan fingerprint density at radius 2 is 2.19 bits per heavy atom. The van der Waals surface area contributed by atoms with E-state index in [4.69, 9.17) is 5.73 Å². The van der Waals surface area contributed by atoms with Gasteiger partial charge in [-0.3, -0.25) is 4.79 Å². The lowest BCUT2D eigenvalue weighted by atomic mass is 9.93. The zero-order chi connectivity index (χ0) is 12.2. The molecule has 0 aromatic carbocycles. The fraction of sp³-hybridized carbons (Fsp3) is 0.636. The van der Waals surface area contributed by atoms with Crippen LogP contribution in [-0.4, -0.2) is 16.4 Å². The Bertz CT molecular complexity index is 358. The fourth-order valence-corrected chi connectivity index (χ4v) is 2.11. The maximum atomic E-state index is 11.8. The molecule has 1 aromatic rings. The molecule has 0 bridgehead atoms. The van der Waals surface area contributed by atoms with Crippen LogP contribution in [0.3, 0.4) is 0 Å². The minimum absolute atomic E-state index is 0.0923. The van der Waals surface area contributed by atoms with E-state index in [-0.39, 0.29) is 5.91 Å². The molecule has 3 N–H and O–H groups in total. The fourth-order valence-electron chi connectivity index (χ4n) is 1.39. The molecular weight excluding hydrogens is 222 g/mol. The summed E-state index contributed by atoms with van der Waals surface area (Å²) in [4.78, 5) is 17.2. The van der Waals surface area contributed by atoms with Gasteiger partial charge in [0, 0.05) is 11.1 Å². The van der Waals surface area contributed by atoms with E-state index < -0.39 is 5.54 Å². The van der Waals surface area contributed by atoms with Crippen molar-refractivity contribution in [2.24, 2.45) is 5.73 Å². The maximum absolute atomic E-state index is 11.8. The number of hydrogen-bond acceptors (Lipinski definition) is 4. The van der Waals surface area contributed by atoms with Crippen LogP contribution < -0.4 is 11.1 Å². The number of aryl methyl sites for hydroxylation is 1. The highest BCUT2D eigenvalue weighted by Crippen LogP contribution is 2.13. The van der Waals surface area contributed by atoms with E-state index in [9.17, 15) is 4.79 Å². The van der Waals surface area contributed by atoms with Gasteiger partial charge in [-0.15, -0.1) is 11.3 Å². The van der Waals surface area contributed by atoms with Crippen LogP contribution in [0, 0.1) is 6.92 Å². The minimum Gasteiger partial charge on any atom is -0.348 e. The molecule has 0 fully saturated rings. The van der Waals surface area contributed by atoms with Gasteiger partial charge in [-0.05, 0) is 19.8 Å². The molecule has 1 aromatic heterocycles. The molecule has 0 aliphatic heterocycles. The first-order valence-electron chi connectivity index (χ1n) is 5.50. The number of nitrogens with one attached hydrogen (secondary N) is 1.